The Morgan fingerprint density at radius 2 is 1.85 bits per heavy atom. The first-order valence-corrected chi connectivity index (χ1v) is 9.41. The molecule has 0 aliphatic carbocycles. The van der Waals surface area contributed by atoms with Gasteiger partial charge in [-0.3, -0.25) is 4.90 Å². The van der Waals surface area contributed by atoms with Crippen molar-refractivity contribution in [2.75, 3.05) is 6.54 Å². The fourth-order valence-electron chi connectivity index (χ4n) is 3.94. The maximum absolute atomic E-state index is 12.7. The molecule has 2 aliphatic rings. The minimum atomic E-state index is -0.775. The van der Waals surface area contributed by atoms with E-state index in [1.165, 1.54) is 0 Å². The van der Waals surface area contributed by atoms with Gasteiger partial charge in [0.1, 0.15) is 5.60 Å². The monoisotopic (exact) mass is 376 g/mol. The molecule has 1 aromatic carbocycles. The van der Waals surface area contributed by atoms with Gasteiger partial charge in [-0.1, -0.05) is 18.2 Å². The van der Waals surface area contributed by atoms with Gasteiger partial charge in [0.2, 0.25) is 0 Å². The molecule has 0 saturated carbocycles. The number of fused-ring (bicyclic) bond motifs is 2. The predicted molar refractivity (Wildman–Crippen MR) is 98.9 cm³/mol. The lowest BCUT2D eigenvalue weighted by Crippen LogP contribution is -2.64. The van der Waals surface area contributed by atoms with Crippen LogP contribution < -0.4 is 0 Å². The summed E-state index contributed by atoms with van der Waals surface area (Å²) in [7, 11) is 0. The molecule has 4 atom stereocenters. The summed E-state index contributed by atoms with van der Waals surface area (Å²) in [5.74, 6) is -0.466. The molecule has 0 spiro atoms. The fraction of sp³-hybridized carbons (Fsp3) is 0.600. The lowest BCUT2D eigenvalue weighted by molar-refractivity contribution is -0.197. The first-order chi connectivity index (χ1) is 12.7. The Hall–Kier alpha value is -2.12. The van der Waals surface area contributed by atoms with E-state index < -0.39 is 23.7 Å². The Morgan fingerprint density at radius 1 is 1.19 bits per heavy atom. The number of hydrogen-bond donors (Lipinski definition) is 1. The summed E-state index contributed by atoms with van der Waals surface area (Å²) in [5.41, 5.74) is -0.142. The summed E-state index contributed by atoms with van der Waals surface area (Å²) in [6.45, 7) is 7.49. The van der Waals surface area contributed by atoms with Crippen molar-refractivity contribution in [3.8, 4) is 0 Å². The van der Waals surface area contributed by atoms with Crippen LogP contribution in [0.1, 0.15) is 50.9 Å². The Morgan fingerprint density at radius 3 is 2.44 bits per heavy atom. The number of benzene rings is 1. The minimum absolute atomic E-state index is 0.108. The Bertz CT molecular complexity index is 685. The van der Waals surface area contributed by atoms with E-state index in [9.17, 15) is 14.7 Å². The van der Waals surface area contributed by atoms with Crippen LogP contribution >= 0.6 is 0 Å². The van der Waals surface area contributed by atoms with Crippen LogP contribution in [0.25, 0.3) is 0 Å². The third kappa shape index (κ3) is 4.25. The summed E-state index contributed by atoms with van der Waals surface area (Å²) in [6, 6.07) is 7.88. The second-order valence-corrected chi connectivity index (χ2v) is 8.26. The molecule has 2 fully saturated rings. The molecule has 7 nitrogen and oxygen atoms in total. The number of nitrogens with zero attached hydrogens (tertiary/aromatic N) is 2. The zero-order valence-corrected chi connectivity index (χ0v) is 16.3. The number of piperazine rings is 1. The van der Waals surface area contributed by atoms with Crippen molar-refractivity contribution in [3.05, 3.63) is 35.9 Å². The molecule has 1 aromatic rings. The highest BCUT2D eigenvalue weighted by molar-refractivity contribution is 5.89. The first-order valence-electron chi connectivity index (χ1n) is 9.41. The molecular formula is C20H28N2O5. The molecule has 148 valence electrons. The molecule has 1 N–H and O–H groups in total. The molecule has 7 heteroatoms. The van der Waals surface area contributed by atoms with Crippen LogP contribution in [0.2, 0.25) is 0 Å². The normalized spacial score (nSPS) is 26.6. The second kappa shape index (κ2) is 7.48. The molecule has 0 aromatic heterocycles. The van der Waals surface area contributed by atoms with Gasteiger partial charge in [-0.15, -0.1) is 5.06 Å². The van der Waals surface area contributed by atoms with Crippen LogP contribution in [0.4, 0.5) is 4.79 Å². The SMILES string of the molecule is C[C@H](O)[C@@H]1[C@@H]2CC[C@H](CN1OC(=O)c1ccccc1)N2C(=O)OC(C)(C)C. The van der Waals surface area contributed by atoms with Crippen molar-refractivity contribution < 1.29 is 24.3 Å². The van der Waals surface area contributed by atoms with Crippen molar-refractivity contribution in [2.45, 2.75) is 70.4 Å². The summed E-state index contributed by atoms with van der Waals surface area (Å²) >= 11 is 0. The van der Waals surface area contributed by atoms with Gasteiger partial charge in [0.05, 0.1) is 36.3 Å². The van der Waals surface area contributed by atoms with E-state index in [2.05, 4.69) is 0 Å². The van der Waals surface area contributed by atoms with E-state index in [-0.39, 0.29) is 18.2 Å². The number of amides is 1. The van der Waals surface area contributed by atoms with Gasteiger partial charge in [-0.05, 0) is 52.7 Å². The number of rotatable bonds is 3. The van der Waals surface area contributed by atoms with E-state index in [4.69, 9.17) is 9.57 Å². The molecule has 0 radical (unpaired) electrons. The molecule has 3 rings (SSSR count). The number of aliphatic hydroxyl groups is 1. The van der Waals surface area contributed by atoms with Crippen molar-refractivity contribution in [2.24, 2.45) is 0 Å². The number of hydroxylamine groups is 2. The molecular weight excluding hydrogens is 348 g/mol. The van der Waals surface area contributed by atoms with E-state index >= 15 is 0 Å². The van der Waals surface area contributed by atoms with Crippen LogP contribution in [0.3, 0.4) is 0 Å². The standard InChI is InChI=1S/C20H28N2O5/c1-13(23)17-16-11-10-15(22(16)19(25)26-20(2,3)4)12-21(17)27-18(24)14-8-6-5-7-9-14/h5-9,13,15-17,23H,10-12H2,1-4H3/t13-,15+,16-,17+/m0/s1. The van der Waals surface area contributed by atoms with E-state index in [1.807, 2.05) is 26.8 Å². The lowest BCUT2D eigenvalue weighted by atomic mass is 10.00. The van der Waals surface area contributed by atoms with Crippen LogP contribution in [-0.4, -0.2) is 63.5 Å². The smallest absolute Gasteiger partial charge is 0.410 e. The molecule has 1 amide bonds. The van der Waals surface area contributed by atoms with Crippen LogP contribution in [0.5, 0.6) is 0 Å². The van der Waals surface area contributed by atoms with Crippen LogP contribution in [0, 0.1) is 0 Å². The van der Waals surface area contributed by atoms with Gasteiger partial charge >= 0.3 is 12.1 Å². The quantitative estimate of drug-likeness (QED) is 0.874. The van der Waals surface area contributed by atoms with Crippen molar-refractivity contribution in [1.29, 1.82) is 0 Å². The Labute approximate surface area is 159 Å². The average Bonchev–Trinajstić information content (AvgIpc) is 2.88. The van der Waals surface area contributed by atoms with Gasteiger partial charge in [0.15, 0.2) is 0 Å². The summed E-state index contributed by atoms with van der Waals surface area (Å²) in [6.07, 6.45) is 0.364. The second-order valence-electron chi connectivity index (χ2n) is 8.26. The van der Waals surface area contributed by atoms with Gasteiger partial charge in [-0.25, -0.2) is 9.59 Å². The van der Waals surface area contributed by atoms with Crippen molar-refractivity contribution >= 4 is 12.1 Å². The average molecular weight is 376 g/mol. The third-order valence-corrected chi connectivity index (χ3v) is 4.97. The van der Waals surface area contributed by atoms with Crippen LogP contribution in [0.15, 0.2) is 30.3 Å². The Balaban J connectivity index is 1.78. The Kier molecular flexibility index (Phi) is 5.44. The molecule has 2 bridgehead atoms. The minimum Gasteiger partial charge on any atom is -0.444 e. The fourth-order valence-corrected chi connectivity index (χ4v) is 3.94. The van der Waals surface area contributed by atoms with Gasteiger partial charge in [0, 0.05) is 0 Å². The van der Waals surface area contributed by atoms with Gasteiger partial charge in [-0.2, -0.15) is 0 Å². The summed E-state index contributed by atoms with van der Waals surface area (Å²) in [5, 5.41) is 11.9. The molecule has 2 heterocycles. The van der Waals surface area contributed by atoms with E-state index in [0.29, 0.717) is 12.1 Å². The highest BCUT2D eigenvalue weighted by atomic mass is 16.7. The van der Waals surface area contributed by atoms with E-state index in [1.54, 1.807) is 41.2 Å². The molecule has 27 heavy (non-hydrogen) atoms. The van der Waals surface area contributed by atoms with Crippen molar-refractivity contribution in [3.63, 3.8) is 0 Å². The van der Waals surface area contributed by atoms with Crippen molar-refractivity contribution in [1.82, 2.24) is 9.96 Å². The summed E-state index contributed by atoms with van der Waals surface area (Å²) in [4.78, 5) is 32.5. The highest BCUT2D eigenvalue weighted by Crippen LogP contribution is 2.37. The third-order valence-electron chi connectivity index (χ3n) is 4.97. The maximum Gasteiger partial charge on any atom is 0.410 e. The summed E-state index contributed by atoms with van der Waals surface area (Å²) < 4.78 is 5.55. The van der Waals surface area contributed by atoms with Gasteiger partial charge in [0.25, 0.3) is 0 Å². The zero-order valence-electron chi connectivity index (χ0n) is 16.3. The number of carbonyl (C=O) groups is 2. The topological polar surface area (TPSA) is 79.3 Å². The number of hydrogen-bond acceptors (Lipinski definition) is 6. The number of ether oxygens (including phenoxy) is 1. The van der Waals surface area contributed by atoms with E-state index in [0.717, 1.165) is 12.8 Å². The largest absolute Gasteiger partial charge is 0.444 e. The molecule has 2 aliphatic heterocycles. The predicted octanol–water partition coefficient (Wildman–Crippen LogP) is 2.59. The number of aliphatic hydroxyl groups excluding tert-OH is 1. The van der Waals surface area contributed by atoms with Gasteiger partial charge < -0.3 is 14.7 Å². The maximum atomic E-state index is 12.7. The van der Waals surface area contributed by atoms with Crippen LogP contribution in [-0.2, 0) is 9.57 Å². The first kappa shape index (κ1) is 19.6. The molecule has 2 saturated heterocycles. The lowest BCUT2D eigenvalue weighted by Gasteiger charge is -2.46. The highest BCUT2D eigenvalue weighted by Gasteiger charge is 2.52. The number of carbonyl (C=O) groups excluding carboxylic acids is 2. The zero-order chi connectivity index (χ0) is 19.8. The molecule has 0 unspecified atom stereocenters.